The smallest absolute Gasteiger partial charge is 0.259 e. The largest absolute Gasteiger partial charge is 0.364 e. The summed E-state index contributed by atoms with van der Waals surface area (Å²) in [5.74, 6) is 2.01. The van der Waals surface area contributed by atoms with Crippen molar-refractivity contribution in [1.29, 1.82) is 0 Å². The van der Waals surface area contributed by atoms with Gasteiger partial charge in [-0.15, -0.1) is 11.3 Å². The van der Waals surface area contributed by atoms with Gasteiger partial charge in [-0.25, -0.2) is 4.98 Å². The number of thioether (sulfide) groups is 1. The molecule has 0 aliphatic heterocycles. The summed E-state index contributed by atoms with van der Waals surface area (Å²) in [5, 5.41) is 0.816. The fourth-order valence-corrected chi connectivity index (χ4v) is 4.96. The molecular formula is C15H19N3OS3. The Bertz CT molecular complexity index is 778. The average Bonchev–Trinajstić information content (AvgIpc) is 2.82. The quantitative estimate of drug-likeness (QED) is 0.840. The number of thiocarbonyl (C=S) groups is 1. The third-order valence-electron chi connectivity index (χ3n) is 3.91. The number of rotatable bonds is 2. The highest BCUT2D eigenvalue weighted by atomic mass is 32.2. The van der Waals surface area contributed by atoms with Crippen LogP contribution in [0.15, 0.2) is 4.79 Å². The Morgan fingerprint density at radius 3 is 3.05 bits per heavy atom. The van der Waals surface area contributed by atoms with Gasteiger partial charge in [0.05, 0.1) is 11.1 Å². The van der Waals surface area contributed by atoms with Crippen molar-refractivity contribution in [3.05, 3.63) is 26.6 Å². The lowest BCUT2D eigenvalue weighted by molar-refractivity contribution is 0.509. The first-order chi connectivity index (χ1) is 10.5. The average molecular weight is 354 g/mol. The topological polar surface area (TPSA) is 49.0 Å². The molecule has 0 saturated heterocycles. The third kappa shape index (κ3) is 3.07. The fraction of sp³-hybridized carbons (Fsp3) is 0.533. The number of fused-ring (bicyclic) bond motifs is 3. The van der Waals surface area contributed by atoms with Crippen molar-refractivity contribution in [2.75, 3.05) is 14.1 Å². The zero-order valence-electron chi connectivity index (χ0n) is 12.9. The van der Waals surface area contributed by atoms with Crippen molar-refractivity contribution in [2.45, 2.75) is 31.9 Å². The number of nitrogens with zero attached hydrogens (tertiary/aromatic N) is 2. The van der Waals surface area contributed by atoms with Crippen LogP contribution in [0.25, 0.3) is 10.2 Å². The summed E-state index contributed by atoms with van der Waals surface area (Å²) in [6, 6.07) is 0. The summed E-state index contributed by atoms with van der Waals surface area (Å²) in [6.45, 7) is 2.27. The molecule has 1 aliphatic carbocycles. The lowest BCUT2D eigenvalue weighted by atomic mass is 9.89. The first-order valence-electron chi connectivity index (χ1n) is 7.33. The monoisotopic (exact) mass is 353 g/mol. The van der Waals surface area contributed by atoms with Gasteiger partial charge in [0.2, 0.25) is 0 Å². The fourth-order valence-electron chi connectivity index (χ4n) is 2.72. The van der Waals surface area contributed by atoms with Gasteiger partial charge in [0, 0.05) is 19.0 Å². The van der Waals surface area contributed by atoms with Crippen molar-refractivity contribution >= 4 is 49.9 Å². The van der Waals surface area contributed by atoms with Gasteiger partial charge in [0.1, 0.15) is 15.0 Å². The molecule has 22 heavy (non-hydrogen) atoms. The van der Waals surface area contributed by atoms with Crippen LogP contribution >= 0.6 is 35.3 Å². The zero-order chi connectivity index (χ0) is 15.9. The molecule has 1 atom stereocenters. The molecule has 2 heterocycles. The van der Waals surface area contributed by atoms with Gasteiger partial charge in [0.25, 0.3) is 5.56 Å². The van der Waals surface area contributed by atoms with Crippen LogP contribution in [-0.4, -0.2) is 33.3 Å². The van der Waals surface area contributed by atoms with Crippen molar-refractivity contribution in [2.24, 2.45) is 5.92 Å². The maximum atomic E-state index is 12.5. The van der Waals surface area contributed by atoms with Gasteiger partial charge in [-0.1, -0.05) is 30.9 Å². The Hall–Kier alpha value is -0.920. The van der Waals surface area contributed by atoms with Gasteiger partial charge >= 0.3 is 0 Å². The van der Waals surface area contributed by atoms with Crippen molar-refractivity contribution in [3.63, 3.8) is 0 Å². The highest BCUT2D eigenvalue weighted by molar-refractivity contribution is 8.22. The van der Waals surface area contributed by atoms with Gasteiger partial charge in [-0.05, 0) is 30.7 Å². The normalized spacial score (nSPS) is 17.5. The maximum absolute atomic E-state index is 12.5. The van der Waals surface area contributed by atoms with Crippen LogP contribution in [0.2, 0.25) is 0 Å². The molecule has 1 aliphatic rings. The molecule has 0 radical (unpaired) electrons. The number of nitrogens with one attached hydrogen (secondary N) is 1. The summed E-state index contributed by atoms with van der Waals surface area (Å²) >= 11 is 8.47. The number of hydrogen-bond acceptors (Lipinski definition) is 5. The zero-order valence-corrected chi connectivity index (χ0v) is 15.4. The van der Waals surface area contributed by atoms with Crippen LogP contribution in [0.5, 0.6) is 0 Å². The second-order valence-corrected chi connectivity index (χ2v) is 8.69. The second-order valence-electron chi connectivity index (χ2n) is 5.99. The molecule has 0 unspecified atom stereocenters. The molecular weight excluding hydrogens is 334 g/mol. The summed E-state index contributed by atoms with van der Waals surface area (Å²) in [6.07, 6.45) is 3.23. The van der Waals surface area contributed by atoms with Gasteiger partial charge in [0.15, 0.2) is 0 Å². The van der Waals surface area contributed by atoms with Gasteiger partial charge in [-0.2, -0.15) is 0 Å². The number of aromatic amines is 1. The first-order valence-corrected chi connectivity index (χ1v) is 9.54. The first kappa shape index (κ1) is 16.0. The molecule has 2 aromatic heterocycles. The molecule has 2 aromatic rings. The van der Waals surface area contributed by atoms with Crippen LogP contribution in [0.4, 0.5) is 0 Å². The van der Waals surface area contributed by atoms with Crippen molar-refractivity contribution < 1.29 is 0 Å². The molecule has 4 nitrogen and oxygen atoms in total. The van der Waals surface area contributed by atoms with Crippen LogP contribution in [0, 0.1) is 5.92 Å². The Morgan fingerprint density at radius 1 is 1.55 bits per heavy atom. The van der Waals surface area contributed by atoms with E-state index in [1.54, 1.807) is 11.3 Å². The minimum Gasteiger partial charge on any atom is -0.364 e. The number of aromatic nitrogens is 2. The number of H-pyrrole nitrogens is 1. The standard InChI is InChI=1S/C15H19N3OS3/c1-8-4-5-9-10(6-8)22-14-12(9)13(19)16-11(17-14)7-21-15(20)18(2)3/h8H,4-7H2,1-3H3,(H,16,17,19)/t8-/m0/s1. The molecule has 0 bridgehead atoms. The van der Waals surface area contributed by atoms with E-state index in [0.717, 1.165) is 33.8 Å². The van der Waals surface area contributed by atoms with E-state index in [9.17, 15) is 4.79 Å². The Kier molecular flexibility index (Phi) is 4.56. The predicted octanol–water partition coefficient (Wildman–Crippen LogP) is 3.19. The summed E-state index contributed by atoms with van der Waals surface area (Å²) in [7, 11) is 3.84. The molecule has 1 N–H and O–H groups in total. The third-order valence-corrected chi connectivity index (χ3v) is 6.81. The highest BCUT2D eigenvalue weighted by Gasteiger charge is 2.23. The van der Waals surface area contributed by atoms with Crippen LogP contribution in [-0.2, 0) is 18.6 Å². The number of hydrogen-bond donors (Lipinski definition) is 1. The Labute approximate surface area is 143 Å². The highest BCUT2D eigenvalue weighted by Crippen LogP contribution is 2.35. The number of aryl methyl sites for hydroxylation is 1. The number of thiophene rings is 1. The van der Waals surface area contributed by atoms with Crippen LogP contribution in [0.3, 0.4) is 0 Å². The van der Waals surface area contributed by atoms with E-state index in [2.05, 4.69) is 16.9 Å². The van der Waals surface area contributed by atoms with E-state index < -0.39 is 0 Å². The summed E-state index contributed by atoms with van der Waals surface area (Å²) in [4.78, 5) is 24.2. The summed E-state index contributed by atoms with van der Waals surface area (Å²) < 4.78 is 0.794. The molecule has 3 rings (SSSR count). The van der Waals surface area contributed by atoms with Crippen molar-refractivity contribution in [1.82, 2.24) is 14.9 Å². The molecule has 0 aromatic carbocycles. The molecule has 0 fully saturated rings. The van der Waals surface area contributed by atoms with E-state index >= 15 is 0 Å². The van der Waals surface area contributed by atoms with Gasteiger partial charge < -0.3 is 9.88 Å². The molecule has 0 amide bonds. The van der Waals surface area contributed by atoms with Crippen LogP contribution < -0.4 is 5.56 Å². The molecule has 118 valence electrons. The van der Waals surface area contributed by atoms with Crippen LogP contribution in [0.1, 0.15) is 29.6 Å². The SMILES string of the molecule is C[C@H]1CCc2c(sc3nc(CSC(=S)N(C)C)[nH]c(=O)c23)C1. The van der Waals surface area contributed by atoms with Crippen molar-refractivity contribution in [3.8, 4) is 0 Å². The van der Waals surface area contributed by atoms with E-state index in [1.807, 2.05) is 19.0 Å². The summed E-state index contributed by atoms with van der Waals surface area (Å²) in [5.41, 5.74) is 1.23. The molecule has 0 spiro atoms. The molecule has 0 saturated carbocycles. The Morgan fingerprint density at radius 2 is 2.32 bits per heavy atom. The maximum Gasteiger partial charge on any atom is 0.259 e. The van der Waals surface area contributed by atoms with Gasteiger partial charge in [-0.3, -0.25) is 4.79 Å². The second kappa shape index (κ2) is 6.29. The minimum absolute atomic E-state index is 0.00317. The predicted molar refractivity (Wildman–Crippen MR) is 99.0 cm³/mol. The van der Waals surface area contributed by atoms with E-state index in [4.69, 9.17) is 12.2 Å². The van der Waals surface area contributed by atoms with E-state index in [1.165, 1.54) is 22.2 Å². The lowest BCUT2D eigenvalue weighted by Gasteiger charge is -2.17. The Balaban J connectivity index is 1.93. The van der Waals surface area contributed by atoms with E-state index in [0.29, 0.717) is 17.5 Å². The minimum atomic E-state index is 0.00317. The molecule has 7 heteroatoms. The van der Waals surface area contributed by atoms with E-state index in [-0.39, 0.29) is 5.56 Å². The lowest BCUT2D eigenvalue weighted by Crippen LogP contribution is -2.17.